The molecule has 0 amide bonds. The molecule has 0 radical (unpaired) electrons. The van der Waals surface area contributed by atoms with Gasteiger partial charge in [-0.05, 0) is 47.4 Å². The molecular formula is C22H29N3O. The van der Waals surface area contributed by atoms with Gasteiger partial charge in [0, 0.05) is 5.56 Å². The number of hydrogen-bond acceptors (Lipinski definition) is 3. The van der Waals surface area contributed by atoms with Crippen LogP contribution in [0.4, 0.5) is 0 Å². The second-order valence-corrected chi connectivity index (χ2v) is 8.31. The van der Waals surface area contributed by atoms with Gasteiger partial charge in [0.15, 0.2) is 0 Å². The van der Waals surface area contributed by atoms with Crippen molar-refractivity contribution in [2.24, 2.45) is 0 Å². The average molecular weight is 351 g/mol. The minimum Gasteiger partial charge on any atom is -0.505 e. The molecule has 26 heavy (non-hydrogen) atoms. The highest BCUT2D eigenvalue weighted by atomic mass is 16.3. The van der Waals surface area contributed by atoms with Crippen LogP contribution in [0.2, 0.25) is 0 Å². The van der Waals surface area contributed by atoms with Crippen molar-refractivity contribution in [3.8, 4) is 11.4 Å². The minimum absolute atomic E-state index is 0.0138. The molecule has 0 unspecified atom stereocenters. The molecule has 0 saturated heterocycles. The van der Waals surface area contributed by atoms with Crippen LogP contribution in [0.5, 0.6) is 5.75 Å². The first kappa shape index (κ1) is 18.4. The summed E-state index contributed by atoms with van der Waals surface area (Å²) in [7, 11) is 0. The number of phenolic OH excluding ortho intramolecular Hbond substituents is 1. The third-order valence-corrected chi connectivity index (χ3v) is 5.83. The monoisotopic (exact) mass is 351 g/mol. The maximum atomic E-state index is 11.3. The highest BCUT2D eigenvalue weighted by Crippen LogP contribution is 2.44. The van der Waals surface area contributed by atoms with E-state index in [-0.39, 0.29) is 16.6 Å². The molecule has 4 nitrogen and oxygen atoms in total. The molecule has 1 aromatic heterocycles. The normalized spacial score (nSPS) is 12.7. The van der Waals surface area contributed by atoms with E-state index in [0.29, 0.717) is 5.69 Å². The van der Waals surface area contributed by atoms with Crippen molar-refractivity contribution in [2.45, 2.75) is 65.2 Å². The Morgan fingerprint density at radius 3 is 1.88 bits per heavy atom. The summed E-state index contributed by atoms with van der Waals surface area (Å²) in [5, 5.41) is 20.4. The highest BCUT2D eigenvalue weighted by Gasteiger charge is 2.33. The number of fused-ring (bicyclic) bond motifs is 1. The molecule has 0 aliphatic heterocycles. The summed E-state index contributed by atoms with van der Waals surface area (Å²) in [6, 6.07) is 11.8. The first-order valence-corrected chi connectivity index (χ1v) is 9.40. The Labute approximate surface area is 155 Å². The third kappa shape index (κ3) is 2.98. The molecule has 0 fully saturated rings. The van der Waals surface area contributed by atoms with Crippen LogP contribution in [-0.4, -0.2) is 20.1 Å². The Hall–Kier alpha value is -2.36. The van der Waals surface area contributed by atoms with Crippen molar-refractivity contribution < 1.29 is 5.11 Å². The van der Waals surface area contributed by atoms with E-state index >= 15 is 0 Å². The van der Waals surface area contributed by atoms with E-state index in [1.165, 1.54) is 5.56 Å². The Bertz CT molecular complexity index is 905. The number of aromatic nitrogens is 3. The summed E-state index contributed by atoms with van der Waals surface area (Å²) in [5.74, 6) is 0.288. The van der Waals surface area contributed by atoms with Crippen molar-refractivity contribution in [1.82, 2.24) is 15.0 Å². The van der Waals surface area contributed by atoms with Gasteiger partial charge in [0.1, 0.15) is 22.5 Å². The SMILES string of the molecule is CCC(C)(C)c1ccc(-n2nc3ccccc3n2)c(O)c1C(C)(C)CC. The first-order valence-electron chi connectivity index (χ1n) is 9.40. The number of hydrogen-bond donors (Lipinski definition) is 1. The molecule has 1 N–H and O–H groups in total. The molecule has 0 atom stereocenters. The van der Waals surface area contributed by atoms with Gasteiger partial charge < -0.3 is 5.11 Å². The largest absolute Gasteiger partial charge is 0.505 e. The molecule has 138 valence electrons. The van der Waals surface area contributed by atoms with Gasteiger partial charge >= 0.3 is 0 Å². The zero-order chi connectivity index (χ0) is 19.1. The van der Waals surface area contributed by atoms with E-state index in [1.807, 2.05) is 30.3 Å². The average Bonchev–Trinajstić information content (AvgIpc) is 3.04. The number of aromatic hydroxyl groups is 1. The number of phenols is 1. The number of rotatable bonds is 5. The van der Waals surface area contributed by atoms with E-state index < -0.39 is 0 Å². The van der Waals surface area contributed by atoms with Gasteiger partial charge in [-0.1, -0.05) is 59.7 Å². The Morgan fingerprint density at radius 1 is 0.846 bits per heavy atom. The van der Waals surface area contributed by atoms with Gasteiger partial charge in [-0.15, -0.1) is 15.0 Å². The lowest BCUT2D eigenvalue weighted by Crippen LogP contribution is -2.26. The highest BCUT2D eigenvalue weighted by molar-refractivity contribution is 5.74. The zero-order valence-electron chi connectivity index (χ0n) is 16.7. The second-order valence-electron chi connectivity index (χ2n) is 8.31. The lowest BCUT2D eigenvalue weighted by Gasteiger charge is -2.34. The van der Waals surface area contributed by atoms with Crippen LogP contribution in [-0.2, 0) is 10.8 Å². The fourth-order valence-electron chi connectivity index (χ4n) is 3.33. The third-order valence-electron chi connectivity index (χ3n) is 5.83. The first-order chi connectivity index (χ1) is 12.2. The van der Waals surface area contributed by atoms with Crippen molar-refractivity contribution in [1.29, 1.82) is 0 Å². The molecule has 2 aromatic carbocycles. The number of benzene rings is 2. The van der Waals surface area contributed by atoms with Gasteiger partial charge in [-0.25, -0.2) is 0 Å². The summed E-state index contributed by atoms with van der Waals surface area (Å²) in [6.45, 7) is 13.2. The van der Waals surface area contributed by atoms with E-state index in [9.17, 15) is 5.11 Å². The van der Waals surface area contributed by atoms with Crippen LogP contribution in [0, 0.1) is 0 Å². The Balaban J connectivity index is 2.27. The van der Waals surface area contributed by atoms with Crippen LogP contribution >= 0.6 is 0 Å². The molecule has 1 heterocycles. The van der Waals surface area contributed by atoms with Gasteiger partial charge in [0.25, 0.3) is 0 Å². The molecule has 0 saturated carbocycles. The lowest BCUT2D eigenvalue weighted by atomic mass is 9.71. The molecule has 4 heteroatoms. The zero-order valence-corrected chi connectivity index (χ0v) is 16.7. The van der Waals surface area contributed by atoms with E-state index in [0.717, 1.165) is 29.4 Å². The maximum Gasteiger partial charge on any atom is 0.147 e. The molecule has 3 rings (SSSR count). The van der Waals surface area contributed by atoms with Crippen molar-refractivity contribution in [2.75, 3.05) is 0 Å². The van der Waals surface area contributed by atoms with Crippen LogP contribution < -0.4 is 0 Å². The van der Waals surface area contributed by atoms with E-state index in [4.69, 9.17) is 0 Å². The van der Waals surface area contributed by atoms with Crippen molar-refractivity contribution in [3.63, 3.8) is 0 Å². The van der Waals surface area contributed by atoms with Crippen LogP contribution in [0.1, 0.15) is 65.5 Å². The van der Waals surface area contributed by atoms with Crippen molar-refractivity contribution >= 4 is 11.0 Å². The van der Waals surface area contributed by atoms with E-state index in [1.54, 1.807) is 4.80 Å². The molecule has 3 aromatic rings. The van der Waals surface area contributed by atoms with Crippen LogP contribution in [0.3, 0.4) is 0 Å². The Kier molecular flexibility index (Phi) is 4.55. The quantitative estimate of drug-likeness (QED) is 0.660. The Morgan fingerprint density at radius 2 is 1.38 bits per heavy atom. The summed E-state index contributed by atoms with van der Waals surface area (Å²) in [5.41, 5.74) is 4.32. The fraction of sp³-hybridized carbons (Fsp3) is 0.455. The van der Waals surface area contributed by atoms with Gasteiger partial charge in [-0.3, -0.25) is 0 Å². The van der Waals surface area contributed by atoms with Gasteiger partial charge in [0.05, 0.1) is 0 Å². The minimum atomic E-state index is -0.144. The molecule has 0 aliphatic carbocycles. The maximum absolute atomic E-state index is 11.3. The molecule has 0 spiro atoms. The molecule has 0 bridgehead atoms. The predicted molar refractivity (Wildman–Crippen MR) is 107 cm³/mol. The summed E-state index contributed by atoms with van der Waals surface area (Å²) in [4.78, 5) is 1.55. The second kappa shape index (κ2) is 6.42. The van der Waals surface area contributed by atoms with Gasteiger partial charge in [-0.2, -0.15) is 0 Å². The molecule has 0 aliphatic rings. The molecular weight excluding hydrogens is 322 g/mol. The van der Waals surface area contributed by atoms with Crippen LogP contribution in [0.15, 0.2) is 36.4 Å². The van der Waals surface area contributed by atoms with Gasteiger partial charge in [0.2, 0.25) is 0 Å². The van der Waals surface area contributed by atoms with Crippen LogP contribution in [0.25, 0.3) is 16.7 Å². The lowest BCUT2D eigenvalue weighted by molar-refractivity contribution is 0.404. The standard InChI is InChI=1S/C22H29N3O/c1-7-21(3,4)15-13-14-18(20(26)19(15)22(5,6)8-2)25-23-16-11-9-10-12-17(16)24-25/h9-14,26H,7-8H2,1-6H3. The summed E-state index contributed by atoms with van der Waals surface area (Å²) >= 11 is 0. The van der Waals surface area contributed by atoms with E-state index in [2.05, 4.69) is 57.8 Å². The summed E-state index contributed by atoms with van der Waals surface area (Å²) in [6.07, 6.45) is 1.94. The topological polar surface area (TPSA) is 50.9 Å². The van der Waals surface area contributed by atoms with Crippen molar-refractivity contribution in [3.05, 3.63) is 47.5 Å². The fourth-order valence-corrected chi connectivity index (χ4v) is 3.33. The smallest absolute Gasteiger partial charge is 0.147 e. The predicted octanol–water partition coefficient (Wildman–Crippen LogP) is 5.50. The number of nitrogens with zero attached hydrogens (tertiary/aromatic N) is 3. The summed E-state index contributed by atoms with van der Waals surface area (Å²) < 4.78 is 0.